The number of hydrogen-bond acceptors (Lipinski definition) is 5. The Bertz CT molecular complexity index is 375. The van der Waals surface area contributed by atoms with E-state index in [0.717, 1.165) is 11.4 Å². The van der Waals surface area contributed by atoms with E-state index in [1.807, 2.05) is 13.8 Å². The number of nitrogens with zero attached hydrogens (tertiary/aromatic N) is 2. The average Bonchev–Trinajstić information content (AvgIpc) is 2.63. The van der Waals surface area contributed by atoms with Crippen LogP contribution in [0.15, 0.2) is 0 Å². The van der Waals surface area contributed by atoms with E-state index in [2.05, 4.69) is 29.4 Å². The maximum atomic E-state index is 11.7. The Morgan fingerprint density at radius 3 is 2.53 bits per heavy atom. The molecule has 3 N–H and O–H groups in total. The normalized spacial score (nSPS) is 13.1. The van der Waals surface area contributed by atoms with Crippen LogP contribution in [0.25, 0.3) is 0 Å². The van der Waals surface area contributed by atoms with E-state index in [0.29, 0.717) is 11.0 Å². The van der Waals surface area contributed by atoms with Crippen molar-refractivity contribution in [1.29, 1.82) is 0 Å². The molecule has 1 amide bonds. The molecule has 1 aromatic rings. The van der Waals surface area contributed by atoms with Gasteiger partial charge in [-0.05, 0) is 11.8 Å². The summed E-state index contributed by atoms with van der Waals surface area (Å²) in [6.45, 7) is 8.06. The molecule has 0 aliphatic carbocycles. The van der Waals surface area contributed by atoms with Crippen molar-refractivity contribution in [3.63, 3.8) is 0 Å². The molecule has 0 saturated carbocycles. The molecule has 0 aromatic carbocycles. The molecule has 0 saturated heterocycles. The number of carbonyl (C=O) groups excluding carboxylic acids is 1. The van der Waals surface area contributed by atoms with E-state index in [1.54, 1.807) is 0 Å². The zero-order chi connectivity index (χ0) is 13.0. The first-order chi connectivity index (χ1) is 7.90. The van der Waals surface area contributed by atoms with Crippen LogP contribution in [0, 0.1) is 11.8 Å². The number of hydrogen-bond donors (Lipinski definition) is 2. The lowest BCUT2D eigenvalue weighted by Gasteiger charge is -2.13. The number of nitrogens with two attached hydrogens (primary N) is 1. The minimum Gasteiger partial charge on any atom is -0.320 e. The molecule has 0 aliphatic heterocycles. The Morgan fingerprint density at radius 2 is 2.00 bits per heavy atom. The van der Waals surface area contributed by atoms with Crippen molar-refractivity contribution < 1.29 is 4.79 Å². The van der Waals surface area contributed by atoms with Gasteiger partial charge in [0.2, 0.25) is 11.0 Å². The topological polar surface area (TPSA) is 80.9 Å². The maximum absolute atomic E-state index is 11.7. The molecule has 96 valence electrons. The highest BCUT2D eigenvalue weighted by Gasteiger charge is 2.18. The largest absolute Gasteiger partial charge is 0.320 e. The molecule has 6 heteroatoms. The van der Waals surface area contributed by atoms with E-state index < -0.39 is 6.04 Å². The van der Waals surface area contributed by atoms with E-state index in [1.165, 1.54) is 11.3 Å². The second kappa shape index (κ2) is 6.07. The third-order valence-electron chi connectivity index (χ3n) is 2.30. The van der Waals surface area contributed by atoms with E-state index >= 15 is 0 Å². The summed E-state index contributed by atoms with van der Waals surface area (Å²) < 4.78 is 0. The Labute approximate surface area is 106 Å². The molecule has 0 radical (unpaired) electrons. The minimum absolute atomic E-state index is 0.109. The zero-order valence-electron chi connectivity index (χ0n) is 10.7. The van der Waals surface area contributed by atoms with Crippen molar-refractivity contribution in [2.75, 3.05) is 5.32 Å². The number of nitrogens with one attached hydrogen (secondary N) is 1. The van der Waals surface area contributed by atoms with Crippen LogP contribution in [0.5, 0.6) is 0 Å². The molecule has 1 heterocycles. The Morgan fingerprint density at radius 1 is 1.35 bits per heavy atom. The first kappa shape index (κ1) is 14.1. The highest BCUT2D eigenvalue weighted by Crippen LogP contribution is 2.18. The molecule has 0 unspecified atom stereocenters. The number of aromatic nitrogens is 2. The predicted molar refractivity (Wildman–Crippen MR) is 69.9 cm³/mol. The SMILES string of the molecule is CC(C)Cc1nnc(NC(=O)[C@@H](N)C(C)C)s1. The summed E-state index contributed by atoms with van der Waals surface area (Å²) >= 11 is 1.41. The van der Waals surface area contributed by atoms with Crippen LogP contribution in [-0.4, -0.2) is 22.1 Å². The fourth-order valence-electron chi connectivity index (χ4n) is 1.23. The maximum Gasteiger partial charge on any atom is 0.243 e. The standard InChI is InChI=1S/C11H20N4OS/c1-6(2)5-8-14-15-11(17-8)13-10(16)9(12)7(3)4/h6-7,9H,5,12H2,1-4H3,(H,13,15,16)/t9-/m0/s1. The second-order valence-corrected chi connectivity index (χ2v) is 5.92. The molecule has 0 bridgehead atoms. The predicted octanol–water partition coefficient (Wildman–Crippen LogP) is 1.66. The minimum atomic E-state index is -0.507. The van der Waals surface area contributed by atoms with Gasteiger partial charge in [-0.3, -0.25) is 10.1 Å². The fraction of sp³-hybridized carbons (Fsp3) is 0.727. The number of rotatable bonds is 5. The van der Waals surface area contributed by atoms with Gasteiger partial charge in [0.1, 0.15) is 5.01 Å². The van der Waals surface area contributed by atoms with Crippen molar-refractivity contribution >= 4 is 22.4 Å². The summed E-state index contributed by atoms with van der Waals surface area (Å²) in [5, 5.41) is 12.1. The summed E-state index contributed by atoms with van der Waals surface area (Å²) in [4.78, 5) is 11.7. The molecule has 0 fully saturated rings. The lowest BCUT2D eigenvalue weighted by molar-refractivity contribution is -0.118. The summed E-state index contributed by atoms with van der Waals surface area (Å²) in [6.07, 6.45) is 0.879. The molecular formula is C11H20N4OS. The van der Waals surface area contributed by atoms with Gasteiger partial charge in [0, 0.05) is 6.42 Å². The van der Waals surface area contributed by atoms with Gasteiger partial charge in [-0.1, -0.05) is 39.0 Å². The fourth-order valence-corrected chi connectivity index (χ4v) is 2.18. The molecule has 0 spiro atoms. The smallest absolute Gasteiger partial charge is 0.243 e. The molecule has 5 nitrogen and oxygen atoms in total. The van der Waals surface area contributed by atoms with Gasteiger partial charge in [0.25, 0.3) is 0 Å². The van der Waals surface area contributed by atoms with Gasteiger partial charge in [-0.2, -0.15) is 0 Å². The third-order valence-corrected chi connectivity index (χ3v) is 3.16. The first-order valence-corrected chi connectivity index (χ1v) is 6.60. The van der Waals surface area contributed by atoms with Gasteiger partial charge >= 0.3 is 0 Å². The van der Waals surface area contributed by atoms with Crippen molar-refractivity contribution in [2.24, 2.45) is 17.6 Å². The quantitative estimate of drug-likeness (QED) is 0.839. The van der Waals surface area contributed by atoms with Crippen LogP contribution in [0.4, 0.5) is 5.13 Å². The van der Waals surface area contributed by atoms with Gasteiger partial charge < -0.3 is 5.73 Å². The van der Waals surface area contributed by atoms with Crippen LogP contribution in [0.3, 0.4) is 0 Å². The van der Waals surface area contributed by atoms with Crippen molar-refractivity contribution in [3.8, 4) is 0 Å². The average molecular weight is 256 g/mol. The monoisotopic (exact) mass is 256 g/mol. The van der Waals surface area contributed by atoms with Gasteiger partial charge in [-0.25, -0.2) is 0 Å². The summed E-state index contributed by atoms with van der Waals surface area (Å²) in [5.74, 6) is 0.440. The van der Waals surface area contributed by atoms with Crippen molar-refractivity contribution in [1.82, 2.24) is 10.2 Å². The first-order valence-electron chi connectivity index (χ1n) is 5.79. The van der Waals surface area contributed by atoms with E-state index in [-0.39, 0.29) is 11.8 Å². The molecule has 17 heavy (non-hydrogen) atoms. The van der Waals surface area contributed by atoms with Crippen LogP contribution in [0.1, 0.15) is 32.7 Å². The number of carbonyl (C=O) groups is 1. The Kier molecular flexibility index (Phi) is 5.02. The number of amides is 1. The van der Waals surface area contributed by atoms with Gasteiger partial charge in [0.15, 0.2) is 0 Å². The number of anilines is 1. The zero-order valence-corrected chi connectivity index (χ0v) is 11.5. The molecule has 0 aliphatic rings. The molecule has 1 atom stereocenters. The summed E-state index contributed by atoms with van der Waals surface area (Å²) in [6, 6.07) is -0.507. The van der Waals surface area contributed by atoms with Crippen LogP contribution < -0.4 is 11.1 Å². The summed E-state index contributed by atoms with van der Waals surface area (Å²) in [7, 11) is 0. The van der Waals surface area contributed by atoms with Crippen molar-refractivity contribution in [3.05, 3.63) is 5.01 Å². The lowest BCUT2D eigenvalue weighted by atomic mass is 10.1. The van der Waals surface area contributed by atoms with E-state index in [9.17, 15) is 4.79 Å². The van der Waals surface area contributed by atoms with Gasteiger partial charge in [-0.15, -0.1) is 10.2 Å². The van der Waals surface area contributed by atoms with Crippen LogP contribution in [0.2, 0.25) is 0 Å². The second-order valence-electron chi connectivity index (χ2n) is 4.86. The van der Waals surface area contributed by atoms with Crippen LogP contribution >= 0.6 is 11.3 Å². The Hall–Kier alpha value is -1.01. The molecule has 1 aromatic heterocycles. The molecular weight excluding hydrogens is 236 g/mol. The Balaban J connectivity index is 2.57. The third kappa shape index (κ3) is 4.40. The lowest BCUT2D eigenvalue weighted by Crippen LogP contribution is -2.39. The van der Waals surface area contributed by atoms with Crippen molar-refractivity contribution in [2.45, 2.75) is 40.2 Å². The van der Waals surface area contributed by atoms with Crippen LogP contribution in [-0.2, 0) is 11.2 Å². The highest BCUT2D eigenvalue weighted by molar-refractivity contribution is 7.15. The summed E-state index contributed by atoms with van der Waals surface area (Å²) in [5.41, 5.74) is 5.74. The van der Waals surface area contributed by atoms with Gasteiger partial charge in [0.05, 0.1) is 6.04 Å². The van der Waals surface area contributed by atoms with E-state index in [4.69, 9.17) is 5.73 Å². The highest BCUT2D eigenvalue weighted by atomic mass is 32.1. The molecule has 1 rings (SSSR count).